The third-order valence-electron chi connectivity index (χ3n) is 4.81. The zero-order valence-corrected chi connectivity index (χ0v) is 13.5. The number of aryl methyl sites for hydroxylation is 1. The monoisotopic (exact) mass is 331 g/mol. The summed E-state index contributed by atoms with van der Waals surface area (Å²) in [5.74, 6) is -1.08. The Bertz CT molecular complexity index is 988. The van der Waals surface area contributed by atoms with Crippen LogP contribution in [0.5, 0.6) is 0 Å². The molecule has 0 radical (unpaired) electrons. The van der Waals surface area contributed by atoms with Crippen LogP contribution in [-0.2, 0) is 6.42 Å². The van der Waals surface area contributed by atoms with Crippen molar-refractivity contribution < 1.29 is 14.7 Å². The minimum atomic E-state index is -0.950. The molecule has 0 fully saturated rings. The van der Waals surface area contributed by atoms with Crippen molar-refractivity contribution in [2.75, 3.05) is 0 Å². The van der Waals surface area contributed by atoms with Crippen LogP contribution in [0.2, 0.25) is 0 Å². The summed E-state index contributed by atoms with van der Waals surface area (Å²) in [5.41, 5.74) is 2.91. The maximum atomic E-state index is 12.8. The molecule has 0 heterocycles. The van der Waals surface area contributed by atoms with Crippen LogP contribution in [0.3, 0.4) is 0 Å². The van der Waals surface area contributed by atoms with Gasteiger partial charge >= 0.3 is 5.97 Å². The normalized spacial score (nSPS) is 15.8. The molecule has 1 unspecified atom stereocenters. The number of fused-ring (bicyclic) bond motifs is 2. The number of carboxylic acid groups (broad SMARTS) is 1. The second-order valence-corrected chi connectivity index (χ2v) is 6.31. The van der Waals surface area contributed by atoms with Gasteiger partial charge in [0, 0.05) is 5.56 Å². The summed E-state index contributed by atoms with van der Waals surface area (Å²) in [6.45, 7) is 0. The van der Waals surface area contributed by atoms with Gasteiger partial charge in [-0.25, -0.2) is 4.79 Å². The largest absolute Gasteiger partial charge is 0.478 e. The van der Waals surface area contributed by atoms with Gasteiger partial charge in [-0.05, 0) is 52.9 Å². The Morgan fingerprint density at radius 3 is 2.64 bits per heavy atom. The van der Waals surface area contributed by atoms with Crippen LogP contribution in [0.1, 0.15) is 44.3 Å². The summed E-state index contributed by atoms with van der Waals surface area (Å²) in [6, 6.07) is 18.5. The first kappa shape index (κ1) is 15.4. The molecule has 1 amide bonds. The number of carboxylic acids is 1. The SMILES string of the molecule is O=C(O)c1ccc2c(c1)C(NC(=O)c1cccc3ccccc13)CC2. The highest BCUT2D eigenvalue weighted by molar-refractivity contribution is 6.07. The molecule has 1 atom stereocenters. The van der Waals surface area contributed by atoms with Crippen LogP contribution >= 0.6 is 0 Å². The van der Waals surface area contributed by atoms with Crippen LogP contribution in [0, 0.1) is 0 Å². The van der Waals surface area contributed by atoms with Crippen LogP contribution < -0.4 is 5.32 Å². The highest BCUT2D eigenvalue weighted by Gasteiger charge is 2.25. The molecule has 0 spiro atoms. The van der Waals surface area contributed by atoms with E-state index in [4.69, 9.17) is 0 Å². The third kappa shape index (κ3) is 2.76. The molecule has 124 valence electrons. The predicted molar refractivity (Wildman–Crippen MR) is 95.9 cm³/mol. The summed E-state index contributed by atoms with van der Waals surface area (Å²) in [7, 11) is 0. The maximum absolute atomic E-state index is 12.8. The molecule has 0 saturated heterocycles. The Morgan fingerprint density at radius 2 is 1.80 bits per heavy atom. The van der Waals surface area contributed by atoms with Gasteiger partial charge < -0.3 is 10.4 Å². The van der Waals surface area contributed by atoms with Gasteiger partial charge in [0.25, 0.3) is 5.91 Å². The Hall–Kier alpha value is -3.14. The number of rotatable bonds is 3. The summed E-state index contributed by atoms with van der Waals surface area (Å²) in [4.78, 5) is 24.0. The van der Waals surface area contributed by atoms with Gasteiger partial charge in [0.05, 0.1) is 11.6 Å². The molecule has 25 heavy (non-hydrogen) atoms. The zero-order chi connectivity index (χ0) is 17.4. The van der Waals surface area contributed by atoms with Crippen LogP contribution in [-0.4, -0.2) is 17.0 Å². The Balaban J connectivity index is 1.65. The van der Waals surface area contributed by atoms with Gasteiger partial charge in [-0.15, -0.1) is 0 Å². The van der Waals surface area contributed by atoms with E-state index >= 15 is 0 Å². The van der Waals surface area contributed by atoms with Crippen LogP contribution in [0.25, 0.3) is 10.8 Å². The van der Waals surface area contributed by atoms with Gasteiger partial charge in [-0.2, -0.15) is 0 Å². The highest BCUT2D eigenvalue weighted by atomic mass is 16.4. The molecule has 4 nitrogen and oxygen atoms in total. The smallest absolute Gasteiger partial charge is 0.335 e. The zero-order valence-electron chi connectivity index (χ0n) is 13.5. The molecule has 1 aliphatic rings. The minimum Gasteiger partial charge on any atom is -0.478 e. The molecular formula is C21H17NO3. The lowest BCUT2D eigenvalue weighted by Gasteiger charge is -2.15. The van der Waals surface area contributed by atoms with E-state index in [-0.39, 0.29) is 17.5 Å². The first-order valence-corrected chi connectivity index (χ1v) is 8.28. The second kappa shape index (κ2) is 6.06. The third-order valence-corrected chi connectivity index (χ3v) is 4.81. The van der Waals surface area contributed by atoms with Gasteiger partial charge in [-0.3, -0.25) is 4.79 Å². The Kier molecular flexibility index (Phi) is 3.73. The standard InChI is InChI=1S/C21H17NO3/c23-20(17-7-3-5-13-4-1-2-6-16(13)17)22-19-11-10-14-8-9-15(21(24)25)12-18(14)19/h1-9,12,19H,10-11H2,(H,22,23)(H,24,25). The lowest BCUT2D eigenvalue weighted by molar-refractivity contribution is 0.0696. The molecule has 4 heteroatoms. The topological polar surface area (TPSA) is 66.4 Å². The number of hydrogen-bond acceptors (Lipinski definition) is 2. The number of aromatic carboxylic acids is 1. The summed E-state index contributed by atoms with van der Waals surface area (Å²) in [5, 5.41) is 14.2. The fourth-order valence-electron chi connectivity index (χ4n) is 3.54. The van der Waals surface area contributed by atoms with E-state index < -0.39 is 5.97 Å². The molecule has 0 bridgehead atoms. The predicted octanol–water partition coefficient (Wildman–Crippen LogP) is 3.96. The van der Waals surface area contributed by atoms with Gasteiger partial charge in [0.2, 0.25) is 0 Å². The van der Waals surface area contributed by atoms with Crippen molar-refractivity contribution in [3.8, 4) is 0 Å². The highest BCUT2D eigenvalue weighted by Crippen LogP contribution is 2.32. The summed E-state index contributed by atoms with van der Waals surface area (Å²) >= 11 is 0. The molecule has 0 aliphatic heterocycles. The van der Waals surface area contributed by atoms with E-state index in [0.29, 0.717) is 5.56 Å². The van der Waals surface area contributed by atoms with Gasteiger partial charge in [-0.1, -0.05) is 42.5 Å². The number of amides is 1. The van der Waals surface area contributed by atoms with Crippen molar-refractivity contribution in [1.82, 2.24) is 5.32 Å². The first-order valence-electron chi connectivity index (χ1n) is 8.28. The van der Waals surface area contributed by atoms with Gasteiger partial charge in [0.1, 0.15) is 0 Å². The maximum Gasteiger partial charge on any atom is 0.335 e. The second-order valence-electron chi connectivity index (χ2n) is 6.31. The van der Waals surface area contributed by atoms with E-state index in [9.17, 15) is 14.7 Å². The van der Waals surface area contributed by atoms with E-state index in [1.165, 1.54) is 0 Å². The summed E-state index contributed by atoms with van der Waals surface area (Å²) < 4.78 is 0. The molecule has 2 N–H and O–H groups in total. The average Bonchev–Trinajstić information content (AvgIpc) is 3.03. The van der Waals surface area contributed by atoms with Crippen molar-refractivity contribution in [1.29, 1.82) is 0 Å². The van der Waals surface area contributed by atoms with E-state index in [1.807, 2.05) is 48.5 Å². The lowest BCUT2D eigenvalue weighted by atomic mass is 10.0. The van der Waals surface area contributed by atoms with Crippen molar-refractivity contribution in [3.05, 3.63) is 82.9 Å². The molecule has 0 aromatic heterocycles. The Morgan fingerprint density at radius 1 is 1.00 bits per heavy atom. The molecule has 0 saturated carbocycles. The van der Waals surface area contributed by atoms with Crippen LogP contribution in [0.15, 0.2) is 60.7 Å². The molecular weight excluding hydrogens is 314 g/mol. The fourth-order valence-corrected chi connectivity index (χ4v) is 3.54. The first-order chi connectivity index (χ1) is 12.1. The van der Waals surface area contributed by atoms with E-state index in [1.54, 1.807) is 12.1 Å². The number of benzene rings is 3. The molecule has 3 aromatic carbocycles. The van der Waals surface area contributed by atoms with E-state index in [0.717, 1.165) is 34.7 Å². The number of nitrogens with one attached hydrogen (secondary N) is 1. The Labute approximate surface area is 145 Å². The van der Waals surface area contributed by atoms with Crippen molar-refractivity contribution >= 4 is 22.6 Å². The summed E-state index contributed by atoms with van der Waals surface area (Å²) in [6.07, 6.45) is 1.63. The van der Waals surface area contributed by atoms with Crippen molar-refractivity contribution in [2.24, 2.45) is 0 Å². The fraction of sp³-hybridized carbons (Fsp3) is 0.143. The quantitative estimate of drug-likeness (QED) is 0.763. The van der Waals surface area contributed by atoms with Crippen molar-refractivity contribution in [2.45, 2.75) is 18.9 Å². The average molecular weight is 331 g/mol. The number of hydrogen-bond donors (Lipinski definition) is 2. The number of carbonyl (C=O) groups excluding carboxylic acids is 1. The number of carbonyl (C=O) groups is 2. The van der Waals surface area contributed by atoms with Gasteiger partial charge in [0.15, 0.2) is 0 Å². The molecule has 3 aromatic rings. The van der Waals surface area contributed by atoms with E-state index in [2.05, 4.69) is 5.32 Å². The van der Waals surface area contributed by atoms with Crippen molar-refractivity contribution in [3.63, 3.8) is 0 Å². The molecule has 4 rings (SSSR count). The minimum absolute atomic E-state index is 0.129. The molecule has 1 aliphatic carbocycles. The lowest BCUT2D eigenvalue weighted by Crippen LogP contribution is -2.27. The van der Waals surface area contributed by atoms with Crippen LogP contribution in [0.4, 0.5) is 0 Å².